The Kier molecular flexibility index (Phi) is 4.14. The number of benzene rings is 2. The van der Waals surface area contributed by atoms with Crippen LogP contribution >= 0.6 is 15.9 Å². The lowest BCUT2D eigenvalue weighted by Crippen LogP contribution is -2.13. The normalized spacial score (nSPS) is 11.1. The molecule has 0 aromatic heterocycles. The molecule has 0 amide bonds. The van der Waals surface area contributed by atoms with Crippen molar-refractivity contribution in [3.05, 3.63) is 57.1 Å². The van der Waals surface area contributed by atoms with Crippen LogP contribution in [0.1, 0.15) is 0 Å². The molecule has 0 saturated carbocycles. The zero-order valence-corrected chi connectivity index (χ0v) is 12.9. The summed E-state index contributed by atoms with van der Waals surface area (Å²) in [6, 6.07) is 9.79. The molecule has 0 fully saturated rings. The molecule has 0 aliphatic carbocycles. The average molecular weight is 372 g/mol. The van der Waals surface area contributed by atoms with Gasteiger partial charge in [0, 0.05) is 16.2 Å². The van der Waals surface area contributed by atoms with Crippen molar-refractivity contribution in [1.29, 1.82) is 0 Å². The molecular weight excluding hydrogens is 362 g/mol. The van der Waals surface area contributed by atoms with Crippen LogP contribution in [0.15, 0.2) is 51.8 Å². The number of hydrogen-bond donors (Lipinski definition) is 2. The zero-order valence-electron chi connectivity index (χ0n) is 10.5. The minimum atomic E-state index is -3.92. The molecule has 0 spiro atoms. The molecule has 9 heteroatoms. The van der Waals surface area contributed by atoms with Crippen LogP contribution in [0.5, 0.6) is 0 Å². The molecule has 21 heavy (non-hydrogen) atoms. The van der Waals surface area contributed by atoms with Crippen LogP contribution in [0, 0.1) is 10.1 Å². The molecule has 0 aliphatic heterocycles. The van der Waals surface area contributed by atoms with E-state index in [4.69, 9.17) is 5.73 Å². The molecule has 110 valence electrons. The number of nitro groups is 1. The fourth-order valence-electron chi connectivity index (χ4n) is 1.58. The molecule has 0 bridgehead atoms. The Hall–Kier alpha value is -2.13. The number of nitrogens with two attached hydrogens (primary N) is 1. The smallest absolute Gasteiger partial charge is 0.293 e. The molecule has 2 aromatic rings. The Morgan fingerprint density at radius 2 is 1.76 bits per heavy atom. The predicted molar refractivity (Wildman–Crippen MR) is 82.5 cm³/mol. The van der Waals surface area contributed by atoms with Crippen molar-refractivity contribution in [3.8, 4) is 0 Å². The summed E-state index contributed by atoms with van der Waals surface area (Å²) >= 11 is 3.24. The maximum Gasteiger partial charge on any atom is 0.293 e. The first-order chi connectivity index (χ1) is 9.79. The van der Waals surface area contributed by atoms with E-state index in [0.717, 1.165) is 10.5 Å². The minimum absolute atomic E-state index is 0.0948. The summed E-state index contributed by atoms with van der Waals surface area (Å²) in [5.74, 6) is 0. The SMILES string of the molecule is Nc1ccc(S(=O)(=O)Nc2ccc(Br)cc2)cc1[N+](=O)[O-]. The van der Waals surface area contributed by atoms with E-state index in [-0.39, 0.29) is 10.6 Å². The van der Waals surface area contributed by atoms with Gasteiger partial charge in [0.15, 0.2) is 0 Å². The second-order valence-corrected chi connectivity index (χ2v) is 6.69. The fraction of sp³-hybridized carbons (Fsp3) is 0. The first kappa shape index (κ1) is 15.3. The molecule has 0 saturated heterocycles. The van der Waals surface area contributed by atoms with Gasteiger partial charge in [-0.1, -0.05) is 15.9 Å². The highest BCUT2D eigenvalue weighted by Crippen LogP contribution is 2.26. The molecule has 0 aliphatic rings. The van der Waals surface area contributed by atoms with Gasteiger partial charge in [0.05, 0.1) is 9.82 Å². The lowest BCUT2D eigenvalue weighted by atomic mass is 10.3. The van der Waals surface area contributed by atoms with Crippen LogP contribution < -0.4 is 10.5 Å². The lowest BCUT2D eigenvalue weighted by molar-refractivity contribution is -0.384. The highest BCUT2D eigenvalue weighted by Gasteiger charge is 2.20. The van der Waals surface area contributed by atoms with Crippen LogP contribution in [0.25, 0.3) is 0 Å². The van der Waals surface area contributed by atoms with E-state index in [2.05, 4.69) is 20.7 Å². The van der Waals surface area contributed by atoms with Gasteiger partial charge in [-0.3, -0.25) is 14.8 Å². The third-order valence-electron chi connectivity index (χ3n) is 2.61. The number of anilines is 2. The third kappa shape index (κ3) is 3.50. The zero-order chi connectivity index (χ0) is 15.6. The number of rotatable bonds is 4. The molecule has 0 heterocycles. The summed E-state index contributed by atoms with van der Waals surface area (Å²) < 4.78 is 27.5. The Labute approximate surface area is 129 Å². The van der Waals surface area contributed by atoms with E-state index in [0.29, 0.717) is 5.69 Å². The number of sulfonamides is 1. The topological polar surface area (TPSA) is 115 Å². The standard InChI is InChI=1S/C12H10BrN3O4S/c13-8-1-3-9(4-2-8)15-21(19,20)10-5-6-11(14)12(7-10)16(17)18/h1-7,15H,14H2. The highest BCUT2D eigenvalue weighted by molar-refractivity contribution is 9.10. The molecule has 0 unspecified atom stereocenters. The summed E-state index contributed by atoms with van der Waals surface area (Å²) in [6.45, 7) is 0. The van der Waals surface area contributed by atoms with Crippen molar-refractivity contribution in [2.24, 2.45) is 0 Å². The molecular formula is C12H10BrN3O4S. The van der Waals surface area contributed by atoms with Crippen molar-refractivity contribution >= 4 is 43.0 Å². The number of nitrogens with zero attached hydrogens (tertiary/aromatic N) is 1. The maximum absolute atomic E-state index is 12.2. The number of nitro benzene ring substituents is 1. The summed E-state index contributed by atoms with van der Waals surface area (Å²) in [4.78, 5) is 9.84. The Bertz CT molecular complexity index is 791. The van der Waals surface area contributed by atoms with E-state index in [9.17, 15) is 18.5 Å². The van der Waals surface area contributed by atoms with Crippen molar-refractivity contribution in [3.63, 3.8) is 0 Å². The van der Waals surface area contributed by atoms with E-state index >= 15 is 0 Å². The molecule has 7 nitrogen and oxygen atoms in total. The maximum atomic E-state index is 12.2. The second kappa shape index (κ2) is 5.70. The van der Waals surface area contributed by atoms with Crippen molar-refractivity contribution in [1.82, 2.24) is 0 Å². The van der Waals surface area contributed by atoms with Crippen molar-refractivity contribution < 1.29 is 13.3 Å². The number of halogens is 1. The Morgan fingerprint density at radius 3 is 2.33 bits per heavy atom. The van der Waals surface area contributed by atoms with Crippen LogP contribution in [0.3, 0.4) is 0 Å². The van der Waals surface area contributed by atoms with Gasteiger partial charge in [-0.05, 0) is 36.4 Å². The molecule has 3 N–H and O–H groups in total. The van der Waals surface area contributed by atoms with E-state index in [1.54, 1.807) is 24.3 Å². The van der Waals surface area contributed by atoms with Gasteiger partial charge in [0.2, 0.25) is 0 Å². The van der Waals surface area contributed by atoms with Crippen molar-refractivity contribution in [2.45, 2.75) is 4.90 Å². The van der Waals surface area contributed by atoms with Gasteiger partial charge in [0.1, 0.15) is 5.69 Å². The fourth-order valence-corrected chi connectivity index (χ4v) is 2.92. The summed E-state index contributed by atoms with van der Waals surface area (Å²) in [7, 11) is -3.92. The molecule has 0 radical (unpaired) electrons. The quantitative estimate of drug-likeness (QED) is 0.486. The lowest BCUT2D eigenvalue weighted by Gasteiger charge is -2.08. The van der Waals surface area contributed by atoms with Crippen LogP contribution in [-0.2, 0) is 10.0 Å². The Balaban J connectivity index is 2.38. The summed E-state index contributed by atoms with van der Waals surface area (Å²) in [5, 5.41) is 10.8. The first-order valence-electron chi connectivity index (χ1n) is 5.62. The molecule has 2 rings (SSSR count). The number of nitrogen functional groups attached to an aromatic ring is 1. The van der Waals surface area contributed by atoms with Gasteiger partial charge < -0.3 is 5.73 Å². The van der Waals surface area contributed by atoms with Gasteiger partial charge in [-0.15, -0.1) is 0 Å². The highest BCUT2D eigenvalue weighted by atomic mass is 79.9. The van der Waals surface area contributed by atoms with E-state index in [1.807, 2.05) is 0 Å². The minimum Gasteiger partial charge on any atom is -0.393 e. The predicted octanol–water partition coefficient (Wildman–Crippen LogP) is 2.74. The van der Waals surface area contributed by atoms with E-state index in [1.165, 1.54) is 12.1 Å². The van der Waals surface area contributed by atoms with Crippen LogP contribution in [0.4, 0.5) is 17.1 Å². The summed E-state index contributed by atoms with van der Waals surface area (Å²) in [6.07, 6.45) is 0. The summed E-state index contributed by atoms with van der Waals surface area (Å²) in [5.41, 5.74) is 5.24. The molecule has 2 aromatic carbocycles. The number of hydrogen-bond acceptors (Lipinski definition) is 5. The van der Waals surface area contributed by atoms with Gasteiger partial charge >= 0.3 is 0 Å². The average Bonchev–Trinajstić information content (AvgIpc) is 2.41. The third-order valence-corrected chi connectivity index (χ3v) is 4.51. The Morgan fingerprint density at radius 1 is 1.14 bits per heavy atom. The second-order valence-electron chi connectivity index (χ2n) is 4.09. The number of nitrogens with one attached hydrogen (secondary N) is 1. The van der Waals surface area contributed by atoms with Crippen LogP contribution in [0.2, 0.25) is 0 Å². The van der Waals surface area contributed by atoms with E-state index < -0.39 is 20.6 Å². The first-order valence-corrected chi connectivity index (χ1v) is 7.89. The van der Waals surface area contributed by atoms with Gasteiger partial charge in [-0.25, -0.2) is 8.42 Å². The van der Waals surface area contributed by atoms with Gasteiger partial charge in [-0.2, -0.15) is 0 Å². The van der Waals surface area contributed by atoms with Crippen molar-refractivity contribution in [2.75, 3.05) is 10.5 Å². The van der Waals surface area contributed by atoms with Crippen LogP contribution in [-0.4, -0.2) is 13.3 Å². The molecule has 0 atom stereocenters. The van der Waals surface area contributed by atoms with Gasteiger partial charge in [0.25, 0.3) is 15.7 Å². The largest absolute Gasteiger partial charge is 0.393 e. The monoisotopic (exact) mass is 371 g/mol.